The first kappa shape index (κ1) is 18.3. The van der Waals surface area contributed by atoms with Crippen LogP contribution in [0.25, 0.3) is 11.0 Å². The van der Waals surface area contributed by atoms with E-state index in [-0.39, 0.29) is 17.1 Å². The minimum absolute atomic E-state index is 0.102. The van der Waals surface area contributed by atoms with Crippen molar-refractivity contribution in [1.82, 2.24) is 4.90 Å². The zero-order chi connectivity index (χ0) is 19.8. The number of ether oxygens (including phenoxy) is 2. The first-order valence-corrected chi connectivity index (χ1v) is 9.06. The van der Waals surface area contributed by atoms with E-state index < -0.39 is 6.04 Å². The van der Waals surface area contributed by atoms with E-state index in [1.54, 1.807) is 31.3 Å². The molecule has 2 aromatic carbocycles. The normalized spacial score (nSPS) is 15.9. The number of rotatable bonds is 5. The van der Waals surface area contributed by atoms with E-state index in [9.17, 15) is 9.59 Å². The fourth-order valence-electron chi connectivity index (χ4n) is 3.71. The third-order valence-electron chi connectivity index (χ3n) is 5.07. The van der Waals surface area contributed by atoms with Crippen LogP contribution in [-0.2, 0) is 4.74 Å². The summed E-state index contributed by atoms with van der Waals surface area (Å²) in [7, 11) is 3.16. The predicted octanol–water partition coefficient (Wildman–Crippen LogP) is 3.30. The number of nitrogens with zero attached hydrogens (tertiary/aromatic N) is 1. The maximum absolute atomic E-state index is 13.4. The summed E-state index contributed by atoms with van der Waals surface area (Å²) >= 11 is 0. The predicted molar refractivity (Wildman–Crippen MR) is 105 cm³/mol. The van der Waals surface area contributed by atoms with Gasteiger partial charge in [0, 0.05) is 13.7 Å². The summed E-state index contributed by atoms with van der Waals surface area (Å²) in [5, 5.41) is 0.480. The molecule has 0 saturated carbocycles. The highest BCUT2D eigenvalue weighted by Gasteiger charge is 2.42. The third kappa shape index (κ3) is 2.86. The van der Waals surface area contributed by atoms with Gasteiger partial charge in [0.1, 0.15) is 11.3 Å². The highest BCUT2D eigenvalue weighted by molar-refractivity contribution is 5.99. The lowest BCUT2D eigenvalue weighted by Gasteiger charge is -2.25. The van der Waals surface area contributed by atoms with Crippen LogP contribution in [-0.4, -0.2) is 38.2 Å². The SMILES string of the molecule is COCCN1C(=O)c2oc3ccc(C)cc3c(=O)c2[C@H]1c1cccc(OC)c1. The largest absolute Gasteiger partial charge is 0.497 e. The van der Waals surface area contributed by atoms with Crippen molar-refractivity contribution in [3.63, 3.8) is 0 Å². The van der Waals surface area contributed by atoms with Crippen LogP contribution < -0.4 is 10.2 Å². The Hall–Kier alpha value is -3.12. The van der Waals surface area contributed by atoms with Crippen LogP contribution in [0.1, 0.15) is 33.3 Å². The van der Waals surface area contributed by atoms with Crippen LogP contribution >= 0.6 is 0 Å². The number of aryl methyl sites for hydroxylation is 1. The summed E-state index contributed by atoms with van der Waals surface area (Å²) in [4.78, 5) is 28.1. The van der Waals surface area contributed by atoms with E-state index in [1.165, 1.54) is 0 Å². The standard InChI is InChI=1S/C22H21NO5/c1-13-7-8-17-16(11-13)20(24)18-19(14-5-4-6-15(12-14)27-3)23(9-10-26-2)22(25)21(18)28-17/h4-8,11-12,19H,9-10H2,1-3H3/t19-/m1/s1. The van der Waals surface area contributed by atoms with Crippen LogP contribution in [0.2, 0.25) is 0 Å². The Balaban J connectivity index is 1.97. The number of hydrogen-bond donors (Lipinski definition) is 0. The highest BCUT2D eigenvalue weighted by atomic mass is 16.5. The van der Waals surface area contributed by atoms with Crippen molar-refractivity contribution in [2.24, 2.45) is 0 Å². The molecule has 144 valence electrons. The number of carbonyl (C=O) groups is 1. The van der Waals surface area contributed by atoms with Gasteiger partial charge in [0.25, 0.3) is 5.91 Å². The molecule has 1 aromatic heterocycles. The van der Waals surface area contributed by atoms with Gasteiger partial charge in [-0.15, -0.1) is 0 Å². The molecule has 1 aliphatic rings. The molecule has 2 heterocycles. The average Bonchev–Trinajstić information content (AvgIpc) is 2.99. The molecule has 0 radical (unpaired) electrons. The molecule has 6 nitrogen and oxygen atoms in total. The van der Waals surface area contributed by atoms with E-state index in [2.05, 4.69) is 0 Å². The van der Waals surface area contributed by atoms with Crippen LogP contribution in [0.15, 0.2) is 51.7 Å². The summed E-state index contributed by atoms with van der Waals surface area (Å²) in [5.74, 6) is 0.454. The van der Waals surface area contributed by atoms with Gasteiger partial charge < -0.3 is 18.8 Å². The maximum atomic E-state index is 13.4. The lowest BCUT2D eigenvalue weighted by molar-refractivity contribution is 0.0663. The Morgan fingerprint density at radius 2 is 1.93 bits per heavy atom. The molecule has 1 atom stereocenters. The van der Waals surface area contributed by atoms with Gasteiger partial charge in [0.2, 0.25) is 5.76 Å². The second-order valence-corrected chi connectivity index (χ2v) is 6.84. The van der Waals surface area contributed by atoms with Crippen molar-refractivity contribution in [2.45, 2.75) is 13.0 Å². The molecule has 3 aromatic rings. The van der Waals surface area contributed by atoms with Gasteiger partial charge in [-0.1, -0.05) is 23.8 Å². The Morgan fingerprint density at radius 3 is 2.68 bits per heavy atom. The van der Waals surface area contributed by atoms with Crippen LogP contribution in [0.3, 0.4) is 0 Å². The van der Waals surface area contributed by atoms with Crippen molar-refractivity contribution >= 4 is 16.9 Å². The number of hydrogen-bond acceptors (Lipinski definition) is 5. The van der Waals surface area contributed by atoms with E-state index in [0.29, 0.717) is 35.4 Å². The molecular formula is C22H21NO5. The number of benzene rings is 2. The summed E-state index contributed by atoms with van der Waals surface area (Å²) in [6.45, 7) is 2.62. The van der Waals surface area contributed by atoms with Gasteiger partial charge in [0.15, 0.2) is 5.43 Å². The molecule has 0 N–H and O–H groups in total. The summed E-state index contributed by atoms with van der Waals surface area (Å²) in [5.41, 5.74) is 2.36. The lowest BCUT2D eigenvalue weighted by atomic mass is 9.98. The van der Waals surface area contributed by atoms with Crippen LogP contribution in [0.4, 0.5) is 0 Å². The van der Waals surface area contributed by atoms with Gasteiger partial charge >= 0.3 is 0 Å². The molecule has 0 unspecified atom stereocenters. The van der Waals surface area contributed by atoms with Gasteiger partial charge in [-0.25, -0.2) is 0 Å². The molecule has 0 spiro atoms. The Morgan fingerprint density at radius 1 is 1.11 bits per heavy atom. The van der Waals surface area contributed by atoms with E-state index in [4.69, 9.17) is 13.9 Å². The van der Waals surface area contributed by atoms with E-state index >= 15 is 0 Å². The van der Waals surface area contributed by atoms with Crippen molar-refractivity contribution in [1.29, 1.82) is 0 Å². The number of carbonyl (C=O) groups excluding carboxylic acids is 1. The van der Waals surface area contributed by atoms with Gasteiger partial charge in [-0.05, 0) is 36.8 Å². The maximum Gasteiger partial charge on any atom is 0.290 e. The Labute approximate surface area is 162 Å². The minimum Gasteiger partial charge on any atom is -0.497 e. The smallest absolute Gasteiger partial charge is 0.290 e. The average molecular weight is 379 g/mol. The van der Waals surface area contributed by atoms with Gasteiger partial charge in [0.05, 0.1) is 30.7 Å². The fraction of sp³-hybridized carbons (Fsp3) is 0.273. The number of amides is 1. The van der Waals surface area contributed by atoms with E-state index in [1.807, 2.05) is 37.3 Å². The number of fused-ring (bicyclic) bond motifs is 2. The van der Waals surface area contributed by atoms with E-state index in [0.717, 1.165) is 11.1 Å². The summed E-state index contributed by atoms with van der Waals surface area (Å²) in [6, 6.07) is 12.2. The highest BCUT2D eigenvalue weighted by Crippen LogP contribution is 2.38. The second-order valence-electron chi connectivity index (χ2n) is 6.84. The Bertz CT molecular complexity index is 1120. The summed E-state index contributed by atoms with van der Waals surface area (Å²) in [6.07, 6.45) is 0. The lowest BCUT2D eigenvalue weighted by Crippen LogP contribution is -2.32. The van der Waals surface area contributed by atoms with Crippen molar-refractivity contribution in [3.05, 3.63) is 75.1 Å². The number of methoxy groups -OCH3 is 2. The Kier molecular flexibility index (Phi) is 4.65. The first-order chi connectivity index (χ1) is 13.5. The second kappa shape index (κ2) is 7.13. The molecule has 0 fully saturated rings. The van der Waals surface area contributed by atoms with Crippen LogP contribution in [0, 0.1) is 6.92 Å². The van der Waals surface area contributed by atoms with Gasteiger partial charge in [-0.2, -0.15) is 0 Å². The zero-order valence-electron chi connectivity index (χ0n) is 16.0. The molecule has 0 saturated heterocycles. The van der Waals surface area contributed by atoms with Gasteiger partial charge in [-0.3, -0.25) is 9.59 Å². The molecule has 1 amide bonds. The monoisotopic (exact) mass is 379 g/mol. The minimum atomic E-state index is -0.547. The van der Waals surface area contributed by atoms with Crippen molar-refractivity contribution < 1.29 is 18.7 Å². The topological polar surface area (TPSA) is 69.0 Å². The van der Waals surface area contributed by atoms with Crippen molar-refractivity contribution in [3.8, 4) is 5.75 Å². The summed E-state index contributed by atoms with van der Waals surface area (Å²) < 4.78 is 16.4. The fourth-order valence-corrected chi connectivity index (χ4v) is 3.71. The van der Waals surface area contributed by atoms with Crippen molar-refractivity contribution in [2.75, 3.05) is 27.4 Å². The zero-order valence-corrected chi connectivity index (χ0v) is 16.0. The molecule has 6 heteroatoms. The molecule has 0 aliphatic carbocycles. The first-order valence-electron chi connectivity index (χ1n) is 9.06. The third-order valence-corrected chi connectivity index (χ3v) is 5.07. The molecule has 0 bridgehead atoms. The molecular weight excluding hydrogens is 358 g/mol. The van der Waals surface area contributed by atoms with Crippen LogP contribution in [0.5, 0.6) is 5.75 Å². The molecule has 1 aliphatic heterocycles. The molecule has 4 rings (SSSR count). The molecule has 28 heavy (non-hydrogen) atoms. The quantitative estimate of drug-likeness (QED) is 0.680.